The van der Waals surface area contributed by atoms with Crippen LogP contribution >= 0.6 is 62.2 Å². The Labute approximate surface area is 146 Å². The molecule has 21 heavy (non-hydrogen) atoms. The Morgan fingerprint density at radius 1 is 1.19 bits per heavy atom. The zero-order valence-corrected chi connectivity index (χ0v) is 15.3. The Bertz CT molecular complexity index is 919. The first kappa shape index (κ1) is 15.4. The molecule has 0 aliphatic carbocycles. The van der Waals surface area contributed by atoms with Crippen LogP contribution in [-0.4, -0.2) is 17.2 Å². The van der Waals surface area contributed by atoms with Crippen LogP contribution < -0.4 is 4.72 Å². The van der Waals surface area contributed by atoms with E-state index in [9.17, 15) is 8.42 Å². The summed E-state index contributed by atoms with van der Waals surface area (Å²) in [5.74, 6) is 0. The van der Waals surface area contributed by atoms with Crippen molar-refractivity contribution in [3.8, 4) is 0 Å². The van der Waals surface area contributed by atoms with Crippen LogP contribution in [0.15, 0.2) is 26.2 Å². The fraction of sp³-hybridized carbons (Fsp3) is 0. The molecular weight excluding hydrogens is 441 g/mol. The van der Waals surface area contributed by atoms with Gasteiger partial charge in [-0.2, -0.15) is 8.75 Å². The van der Waals surface area contributed by atoms with E-state index in [1.54, 1.807) is 12.1 Å². The highest BCUT2D eigenvalue weighted by atomic mass is 79.9. The highest BCUT2D eigenvalue weighted by molar-refractivity contribution is 9.11. The third-order valence-electron chi connectivity index (χ3n) is 2.50. The highest BCUT2D eigenvalue weighted by Gasteiger charge is 2.22. The molecule has 1 N–H and O–H groups in total. The average molecular weight is 445 g/mol. The minimum Gasteiger partial charge on any atom is -0.275 e. The van der Waals surface area contributed by atoms with Gasteiger partial charge in [-0.05, 0) is 34.1 Å². The second kappa shape index (κ2) is 5.64. The van der Waals surface area contributed by atoms with Gasteiger partial charge in [0.15, 0.2) is 0 Å². The van der Waals surface area contributed by atoms with Gasteiger partial charge in [0.2, 0.25) is 0 Å². The monoisotopic (exact) mass is 443 g/mol. The number of halogens is 3. The van der Waals surface area contributed by atoms with Crippen molar-refractivity contribution >= 4 is 88.9 Å². The summed E-state index contributed by atoms with van der Waals surface area (Å²) in [4.78, 5) is 0. The lowest BCUT2D eigenvalue weighted by Gasteiger charge is -2.08. The van der Waals surface area contributed by atoms with Crippen molar-refractivity contribution in [3.63, 3.8) is 0 Å². The number of benzene rings is 1. The first-order valence-corrected chi connectivity index (χ1v) is 9.85. The SMILES string of the molecule is O=S(=O)(Nc1c(Cl)ccc2nsnc12)c1cc(Cl)c(Br)s1. The zero-order chi connectivity index (χ0) is 15.2. The summed E-state index contributed by atoms with van der Waals surface area (Å²) in [7, 11) is -3.80. The van der Waals surface area contributed by atoms with E-state index in [0.29, 0.717) is 19.8 Å². The molecule has 3 aromatic rings. The summed E-state index contributed by atoms with van der Waals surface area (Å²) in [5, 5.41) is 0.584. The Kier molecular flexibility index (Phi) is 4.15. The molecule has 0 saturated heterocycles. The summed E-state index contributed by atoms with van der Waals surface area (Å²) in [6.07, 6.45) is 0. The Morgan fingerprint density at radius 3 is 2.62 bits per heavy atom. The van der Waals surface area contributed by atoms with Gasteiger partial charge in [-0.3, -0.25) is 4.72 Å². The summed E-state index contributed by atoms with van der Waals surface area (Å²) in [5.41, 5.74) is 1.20. The van der Waals surface area contributed by atoms with Crippen LogP contribution in [0.5, 0.6) is 0 Å². The number of aromatic nitrogens is 2. The van der Waals surface area contributed by atoms with Gasteiger partial charge in [0, 0.05) is 0 Å². The van der Waals surface area contributed by atoms with Crippen LogP contribution in [-0.2, 0) is 10.0 Å². The lowest BCUT2D eigenvalue weighted by molar-refractivity contribution is 0.603. The standard InChI is InChI=1S/C10H4BrCl2N3O2S3/c11-10-5(13)3-7(19-10)21(17,18)16-8-4(12)1-2-6-9(8)15-20-14-6/h1-3,16H. The van der Waals surface area contributed by atoms with Crippen molar-refractivity contribution in [2.45, 2.75) is 4.21 Å². The molecule has 0 aliphatic rings. The van der Waals surface area contributed by atoms with E-state index in [-0.39, 0.29) is 14.9 Å². The first-order chi connectivity index (χ1) is 9.88. The predicted molar refractivity (Wildman–Crippen MR) is 90.3 cm³/mol. The average Bonchev–Trinajstić information content (AvgIpc) is 3.01. The van der Waals surface area contributed by atoms with Gasteiger partial charge >= 0.3 is 0 Å². The van der Waals surface area contributed by atoms with Crippen LogP contribution in [0.25, 0.3) is 11.0 Å². The highest BCUT2D eigenvalue weighted by Crippen LogP contribution is 2.37. The van der Waals surface area contributed by atoms with E-state index in [1.807, 2.05) is 0 Å². The topological polar surface area (TPSA) is 72.0 Å². The normalized spacial score (nSPS) is 12.0. The fourth-order valence-electron chi connectivity index (χ4n) is 1.57. The van der Waals surface area contributed by atoms with Gasteiger partial charge < -0.3 is 0 Å². The molecule has 0 atom stereocenters. The van der Waals surface area contributed by atoms with E-state index < -0.39 is 10.0 Å². The molecule has 0 spiro atoms. The molecule has 0 radical (unpaired) electrons. The quantitative estimate of drug-likeness (QED) is 0.639. The second-order valence-electron chi connectivity index (χ2n) is 3.85. The smallest absolute Gasteiger partial charge is 0.271 e. The van der Waals surface area contributed by atoms with Crippen molar-refractivity contribution in [3.05, 3.63) is 32.0 Å². The summed E-state index contributed by atoms with van der Waals surface area (Å²) < 4.78 is 36.0. The van der Waals surface area contributed by atoms with Gasteiger partial charge in [0.05, 0.1) is 31.2 Å². The molecule has 0 amide bonds. The molecule has 0 saturated carbocycles. The molecule has 5 nitrogen and oxygen atoms in total. The molecule has 0 fully saturated rings. The number of thiophene rings is 1. The van der Waals surface area contributed by atoms with Crippen molar-refractivity contribution in [1.29, 1.82) is 0 Å². The lowest BCUT2D eigenvalue weighted by atomic mass is 10.3. The van der Waals surface area contributed by atoms with Crippen LogP contribution in [0, 0.1) is 0 Å². The minimum absolute atomic E-state index is 0.0793. The summed E-state index contributed by atoms with van der Waals surface area (Å²) >= 11 is 17.1. The predicted octanol–water partition coefficient (Wildman–Crippen LogP) is 4.62. The molecule has 11 heteroatoms. The molecule has 3 rings (SSSR count). The van der Waals surface area contributed by atoms with E-state index in [2.05, 4.69) is 29.4 Å². The summed E-state index contributed by atoms with van der Waals surface area (Å²) in [6.45, 7) is 0. The maximum absolute atomic E-state index is 12.4. The molecule has 2 heterocycles. The number of anilines is 1. The number of nitrogens with one attached hydrogen (secondary N) is 1. The summed E-state index contributed by atoms with van der Waals surface area (Å²) in [6, 6.07) is 4.62. The number of rotatable bonds is 3. The molecule has 1 aromatic carbocycles. The number of nitrogens with zero attached hydrogens (tertiary/aromatic N) is 2. The largest absolute Gasteiger partial charge is 0.275 e. The van der Waals surface area contributed by atoms with E-state index in [1.165, 1.54) is 6.07 Å². The third kappa shape index (κ3) is 2.90. The van der Waals surface area contributed by atoms with Crippen molar-refractivity contribution in [2.75, 3.05) is 4.72 Å². The van der Waals surface area contributed by atoms with Crippen LogP contribution in [0.2, 0.25) is 10.0 Å². The van der Waals surface area contributed by atoms with E-state index >= 15 is 0 Å². The Morgan fingerprint density at radius 2 is 1.95 bits per heavy atom. The maximum atomic E-state index is 12.4. The van der Waals surface area contributed by atoms with Gasteiger partial charge in [0.25, 0.3) is 10.0 Å². The molecular formula is C10H4BrCl2N3O2S3. The van der Waals surface area contributed by atoms with Gasteiger partial charge in [-0.1, -0.05) is 23.2 Å². The van der Waals surface area contributed by atoms with E-state index in [4.69, 9.17) is 23.2 Å². The number of fused-ring (bicyclic) bond motifs is 1. The van der Waals surface area contributed by atoms with Crippen molar-refractivity contribution < 1.29 is 8.42 Å². The molecule has 2 aromatic heterocycles. The molecule has 0 aliphatic heterocycles. The lowest BCUT2D eigenvalue weighted by Crippen LogP contribution is -2.12. The maximum Gasteiger partial charge on any atom is 0.271 e. The molecule has 0 bridgehead atoms. The number of hydrogen-bond acceptors (Lipinski definition) is 6. The van der Waals surface area contributed by atoms with Gasteiger partial charge in [-0.25, -0.2) is 8.42 Å². The first-order valence-electron chi connectivity index (χ1n) is 5.27. The molecule has 110 valence electrons. The molecule has 0 unspecified atom stereocenters. The van der Waals surface area contributed by atoms with E-state index in [0.717, 1.165) is 23.1 Å². The third-order valence-corrected chi connectivity index (χ3v) is 7.66. The minimum atomic E-state index is -3.80. The van der Waals surface area contributed by atoms with Crippen LogP contribution in [0.3, 0.4) is 0 Å². The fourth-order valence-corrected chi connectivity index (χ4v) is 5.85. The second-order valence-corrected chi connectivity index (χ2v) is 9.47. The van der Waals surface area contributed by atoms with Crippen molar-refractivity contribution in [2.24, 2.45) is 0 Å². The number of sulfonamides is 1. The van der Waals surface area contributed by atoms with Crippen LogP contribution in [0.4, 0.5) is 5.69 Å². The Balaban J connectivity index is 2.09. The van der Waals surface area contributed by atoms with Crippen molar-refractivity contribution in [1.82, 2.24) is 8.75 Å². The van der Waals surface area contributed by atoms with Gasteiger partial charge in [0.1, 0.15) is 15.2 Å². The van der Waals surface area contributed by atoms with Gasteiger partial charge in [-0.15, -0.1) is 11.3 Å². The van der Waals surface area contributed by atoms with Crippen LogP contribution in [0.1, 0.15) is 0 Å². The zero-order valence-electron chi connectivity index (χ0n) is 9.80. The number of hydrogen-bond donors (Lipinski definition) is 1. The Hall–Kier alpha value is -0.450.